The summed E-state index contributed by atoms with van der Waals surface area (Å²) < 4.78 is 10.7. The molecule has 0 bridgehead atoms. The van der Waals surface area contributed by atoms with Gasteiger partial charge in [-0.1, -0.05) is 11.6 Å². The molecule has 1 aromatic carbocycles. The molecular weight excluding hydrogens is 274 g/mol. The van der Waals surface area contributed by atoms with Crippen LogP contribution in [-0.4, -0.2) is 18.4 Å². The summed E-state index contributed by atoms with van der Waals surface area (Å²) in [7, 11) is 1.50. The maximum Gasteiger partial charge on any atom is 0.172 e. The van der Waals surface area contributed by atoms with Gasteiger partial charge in [0.05, 0.1) is 12.7 Å². The molecule has 94 valence electrons. The summed E-state index contributed by atoms with van der Waals surface area (Å²) in [5.41, 5.74) is 0.357. The maximum absolute atomic E-state index is 11.0. The zero-order valence-corrected chi connectivity index (χ0v) is 11.1. The molecule has 0 saturated heterocycles. The monoisotopic (exact) mass is 283 g/mol. The van der Waals surface area contributed by atoms with Gasteiger partial charge in [-0.15, -0.1) is 11.3 Å². The highest BCUT2D eigenvalue weighted by Gasteiger charge is 2.13. The fourth-order valence-electron chi connectivity index (χ4n) is 1.44. The second-order valence-electron chi connectivity index (χ2n) is 3.36. The lowest BCUT2D eigenvalue weighted by molar-refractivity contribution is 0.111. The Bertz CT molecular complexity index is 543. The Kier molecular flexibility index (Phi) is 4.17. The Morgan fingerprint density at radius 1 is 1.50 bits per heavy atom. The molecule has 0 aliphatic carbocycles. The van der Waals surface area contributed by atoms with Crippen molar-refractivity contribution in [2.75, 3.05) is 7.11 Å². The number of aromatic nitrogens is 1. The van der Waals surface area contributed by atoms with Crippen LogP contribution in [0.3, 0.4) is 0 Å². The first-order valence-electron chi connectivity index (χ1n) is 5.08. The van der Waals surface area contributed by atoms with E-state index in [2.05, 4.69) is 4.98 Å². The number of methoxy groups -OCH3 is 1. The third-order valence-electron chi connectivity index (χ3n) is 2.22. The molecule has 2 aromatic rings. The molecule has 0 aliphatic rings. The van der Waals surface area contributed by atoms with E-state index >= 15 is 0 Å². The molecule has 0 spiro atoms. The first kappa shape index (κ1) is 12.9. The van der Waals surface area contributed by atoms with Crippen LogP contribution in [0.5, 0.6) is 11.5 Å². The predicted molar refractivity (Wildman–Crippen MR) is 69.8 cm³/mol. The van der Waals surface area contributed by atoms with Crippen molar-refractivity contribution in [3.05, 3.63) is 39.3 Å². The summed E-state index contributed by atoms with van der Waals surface area (Å²) in [4.78, 5) is 15.1. The van der Waals surface area contributed by atoms with Gasteiger partial charge in [-0.05, 0) is 6.07 Å². The largest absolute Gasteiger partial charge is 0.493 e. The Morgan fingerprint density at radius 3 is 2.94 bits per heavy atom. The van der Waals surface area contributed by atoms with Crippen molar-refractivity contribution in [3.63, 3.8) is 0 Å². The minimum Gasteiger partial charge on any atom is -0.493 e. The second-order valence-corrected chi connectivity index (χ2v) is 4.77. The van der Waals surface area contributed by atoms with E-state index in [4.69, 9.17) is 21.1 Å². The Hall–Kier alpha value is -1.59. The maximum atomic E-state index is 11.0. The van der Waals surface area contributed by atoms with E-state index in [1.165, 1.54) is 24.5 Å². The van der Waals surface area contributed by atoms with E-state index in [0.29, 0.717) is 28.4 Å². The predicted octanol–water partition coefficient (Wildman–Crippen LogP) is 3.20. The number of hydrogen-bond acceptors (Lipinski definition) is 5. The first-order chi connectivity index (χ1) is 8.74. The van der Waals surface area contributed by atoms with Crippen molar-refractivity contribution in [2.24, 2.45) is 0 Å². The molecule has 0 unspecified atom stereocenters. The highest BCUT2D eigenvalue weighted by atomic mass is 35.5. The topological polar surface area (TPSA) is 48.4 Å². The van der Waals surface area contributed by atoms with Crippen LogP contribution >= 0.6 is 22.9 Å². The van der Waals surface area contributed by atoms with Gasteiger partial charge >= 0.3 is 0 Å². The molecule has 4 nitrogen and oxygen atoms in total. The standard InChI is InChI=1S/C12H10ClNO3S/c1-16-10-5-9(13)4-8(6-15)12(10)17-7-11-14-2-3-18-11/h2-6H,7H2,1H3. The number of halogens is 1. The highest BCUT2D eigenvalue weighted by Crippen LogP contribution is 2.34. The van der Waals surface area contributed by atoms with Crippen molar-refractivity contribution >= 4 is 29.2 Å². The summed E-state index contributed by atoms with van der Waals surface area (Å²) in [6.45, 7) is 0.288. The smallest absolute Gasteiger partial charge is 0.172 e. The summed E-state index contributed by atoms with van der Waals surface area (Å²) >= 11 is 7.36. The van der Waals surface area contributed by atoms with Crippen molar-refractivity contribution in [2.45, 2.75) is 6.61 Å². The van der Waals surface area contributed by atoms with Gasteiger partial charge in [-0.3, -0.25) is 4.79 Å². The van der Waals surface area contributed by atoms with Gasteiger partial charge < -0.3 is 9.47 Å². The number of ether oxygens (including phenoxy) is 2. The Labute approximate surface area is 113 Å². The molecule has 6 heteroatoms. The van der Waals surface area contributed by atoms with E-state index < -0.39 is 0 Å². The van der Waals surface area contributed by atoms with Crippen LogP contribution in [0.15, 0.2) is 23.7 Å². The number of thiazole rings is 1. The van der Waals surface area contributed by atoms with Crippen LogP contribution in [0.2, 0.25) is 5.02 Å². The zero-order valence-electron chi connectivity index (χ0n) is 9.55. The molecule has 0 aliphatic heterocycles. The van der Waals surface area contributed by atoms with E-state index in [9.17, 15) is 4.79 Å². The third kappa shape index (κ3) is 2.80. The summed E-state index contributed by atoms with van der Waals surface area (Å²) in [6, 6.07) is 3.14. The molecule has 0 amide bonds. The summed E-state index contributed by atoms with van der Waals surface area (Å²) in [5, 5.41) is 3.11. The average Bonchev–Trinajstić information content (AvgIpc) is 2.89. The van der Waals surface area contributed by atoms with Gasteiger partial charge in [0, 0.05) is 22.7 Å². The molecule has 1 aromatic heterocycles. The van der Waals surface area contributed by atoms with Crippen molar-refractivity contribution in [1.29, 1.82) is 0 Å². The fourth-order valence-corrected chi connectivity index (χ4v) is 2.18. The Morgan fingerprint density at radius 2 is 2.33 bits per heavy atom. The lowest BCUT2D eigenvalue weighted by atomic mass is 10.2. The van der Waals surface area contributed by atoms with E-state index in [1.807, 2.05) is 5.38 Å². The highest BCUT2D eigenvalue weighted by molar-refractivity contribution is 7.09. The van der Waals surface area contributed by atoms with E-state index in [1.54, 1.807) is 12.3 Å². The van der Waals surface area contributed by atoms with Gasteiger partial charge in [-0.2, -0.15) is 0 Å². The molecule has 0 saturated carbocycles. The number of carbonyl (C=O) groups is 1. The number of nitrogens with zero attached hydrogens (tertiary/aromatic N) is 1. The SMILES string of the molecule is COc1cc(Cl)cc(C=O)c1OCc1nccs1. The van der Waals surface area contributed by atoms with Gasteiger partial charge in [0.2, 0.25) is 0 Å². The van der Waals surface area contributed by atoms with E-state index in [0.717, 1.165) is 5.01 Å². The van der Waals surface area contributed by atoms with Gasteiger partial charge in [0.15, 0.2) is 17.8 Å². The zero-order chi connectivity index (χ0) is 13.0. The van der Waals surface area contributed by atoms with Crippen LogP contribution in [0.4, 0.5) is 0 Å². The van der Waals surface area contributed by atoms with E-state index in [-0.39, 0.29) is 6.61 Å². The van der Waals surface area contributed by atoms with Crippen molar-refractivity contribution in [1.82, 2.24) is 4.98 Å². The average molecular weight is 284 g/mol. The normalized spacial score (nSPS) is 10.1. The quantitative estimate of drug-likeness (QED) is 0.791. The molecule has 0 atom stereocenters. The number of hydrogen-bond donors (Lipinski definition) is 0. The van der Waals surface area contributed by atoms with Crippen LogP contribution in [0.1, 0.15) is 15.4 Å². The first-order valence-corrected chi connectivity index (χ1v) is 6.34. The number of rotatable bonds is 5. The van der Waals surface area contributed by atoms with Gasteiger partial charge in [-0.25, -0.2) is 4.98 Å². The van der Waals surface area contributed by atoms with Crippen LogP contribution in [0.25, 0.3) is 0 Å². The molecule has 0 fully saturated rings. The molecule has 0 radical (unpaired) electrons. The second kappa shape index (κ2) is 5.84. The molecule has 2 rings (SSSR count). The lowest BCUT2D eigenvalue weighted by Gasteiger charge is -2.12. The summed E-state index contributed by atoms with van der Waals surface area (Å²) in [5.74, 6) is 0.813. The molecular formula is C12H10ClNO3S. The number of carbonyl (C=O) groups excluding carboxylic acids is 1. The minimum absolute atomic E-state index is 0.288. The fraction of sp³-hybridized carbons (Fsp3) is 0.167. The summed E-state index contributed by atoms with van der Waals surface area (Å²) in [6.07, 6.45) is 2.38. The van der Waals surface area contributed by atoms with Crippen LogP contribution < -0.4 is 9.47 Å². The lowest BCUT2D eigenvalue weighted by Crippen LogP contribution is -2.00. The van der Waals surface area contributed by atoms with Crippen molar-refractivity contribution in [3.8, 4) is 11.5 Å². The Balaban J connectivity index is 2.27. The number of benzene rings is 1. The van der Waals surface area contributed by atoms with Gasteiger partial charge in [0.1, 0.15) is 11.6 Å². The van der Waals surface area contributed by atoms with Crippen LogP contribution in [-0.2, 0) is 6.61 Å². The van der Waals surface area contributed by atoms with Gasteiger partial charge in [0.25, 0.3) is 0 Å². The number of aldehydes is 1. The molecule has 18 heavy (non-hydrogen) atoms. The molecule has 0 N–H and O–H groups in total. The molecule has 1 heterocycles. The third-order valence-corrected chi connectivity index (χ3v) is 3.19. The van der Waals surface area contributed by atoms with Crippen LogP contribution in [0, 0.1) is 0 Å². The minimum atomic E-state index is 0.288. The van der Waals surface area contributed by atoms with Crippen molar-refractivity contribution < 1.29 is 14.3 Å².